The van der Waals surface area contributed by atoms with Crippen LogP contribution in [0, 0.1) is 19.7 Å². The minimum atomic E-state index is -0.884. The van der Waals surface area contributed by atoms with Crippen molar-refractivity contribution >= 4 is 16.9 Å². The Kier molecular flexibility index (Phi) is 5.90. The van der Waals surface area contributed by atoms with E-state index in [2.05, 4.69) is 10.1 Å². The number of halogens is 1. The van der Waals surface area contributed by atoms with Crippen LogP contribution in [0.5, 0.6) is 0 Å². The lowest BCUT2D eigenvalue weighted by Gasteiger charge is -2.38. The summed E-state index contributed by atoms with van der Waals surface area (Å²) in [5.74, 6) is -0.257. The number of aromatic nitrogens is 3. The number of fused-ring (bicyclic) bond motifs is 1. The molecule has 4 rings (SSSR count). The zero-order valence-corrected chi connectivity index (χ0v) is 18.7. The van der Waals surface area contributed by atoms with Gasteiger partial charge in [0.05, 0.1) is 11.0 Å². The number of aromatic amines is 1. The molecule has 2 N–H and O–H groups in total. The molecule has 0 atom stereocenters. The third-order valence-corrected chi connectivity index (χ3v) is 6.66. The summed E-state index contributed by atoms with van der Waals surface area (Å²) in [7, 11) is 1.76. The van der Waals surface area contributed by atoms with E-state index >= 15 is 0 Å². The molecule has 170 valence electrons. The molecule has 1 aromatic carbocycles. The number of H-pyrrole nitrogens is 1. The zero-order valence-electron chi connectivity index (χ0n) is 18.7. The molecule has 0 bridgehead atoms. The van der Waals surface area contributed by atoms with Crippen molar-refractivity contribution in [2.75, 3.05) is 13.1 Å². The van der Waals surface area contributed by atoms with Crippen LogP contribution >= 0.6 is 0 Å². The van der Waals surface area contributed by atoms with Gasteiger partial charge in [-0.25, -0.2) is 9.37 Å². The molecule has 0 saturated carbocycles. The van der Waals surface area contributed by atoms with Gasteiger partial charge in [-0.3, -0.25) is 19.4 Å². The summed E-state index contributed by atoms with van der Waals surface area (Å²) in [6.45, 7) is 4.79. The van der Waals surface area contributed by atoms with Crippen LogP contribution in [0.3, 0.4) is 0 Å². The van der Waals surface area contributed by atoms with Crippen molar-refractivity contribution in [2.45, 2.75) is 51.6 Å². The van der Waals surface area contributed by atoms with Gasteiger partial charge < -0.3 is 10.0 Å². The summed E-state index contributed by atoms with van der Waals surface area (Å²) >= 11 is 0. The summed E-state index contributed by atoms with van der Waals surface area (Å²) in [6, 6.07) is 6.18. The van der Waals surface area contributed by atoms with Crippen LogP contribution in [0.15, 0.2) is 29.1 Å². The number of likely N-dealkylation sites (tertiary alicyclic amines) is 1. The predicted molar refractivity (Wildman–Crippen MR) is 120 cm³/mol. The van der Waals surface area contributed by atoms with E-state index in [9.17, 15) is 19.1 Å². The SMILES string of the molecule is Cc1nc2c(c(C)c1CCC(=O)N1CCC(O)(Cc3ccc(F)cc3)CC1)c(=O)[nH]n2C. The first-order valence-electron chi connectivity index (χ1n) is 11.0. The van der Waals surface area contributed by atoms with E-state index in [1.54, 1.807) is 28.8 Å². The number of carbonyl (C=O) groups excluding carboxylic acids is 1. The second kappa shape index (κ2) is 8.50. The van der Waals surface area contributed by atoms with Crippen molar-refractivity contribution in [3.8, 4) is 0 Å². The minimum Gasteiger partial charge on any atom is -0.389 e. The van der Waals surface area contributed by atoms with Crippen LogP contribution in [0.2, 0.25) is 0 Å². The summed E-state index contributed by atoms with van der Waals surface area (Å²) < 4.78 is 14.7. The quantitative estimate of drug-likeness (QED) is 0.638. The largest absolute Gasteiger partial charge is 0.389 e. The number of pyridine rings is 1. The van der Waals surface area contributed by atoms with Crippen LogP contribution in [0.4, 0.5) is 4.39 Å². The first-order valence-corrected chi connectivity index (χ1v) is 11.0. The van der Waals surface area contributed by atoms with Gasteiger partial charge in [0.1, 0.15) is 5.82 Å². The number of aryl methyl sites for hydroxylation is 3. The van der Waals surface area contributed by atoms with Gasteiger partial charge in [0.25, 0.3) is 5.56 Å². The lowest BCUT2D eigenvalue weighted by Crippen LogP contribution is -2.47. The number of hydrogen-bond acceptors (Lipinski definition) is 4. The molecule has 0 unspecified atom stereocenters. The predicted octanol–water partition coefficient (Wildman–Crippen LogP) is 2.55. The monoisotopic (exact) mass is 440 g/mol. The third kappa shape index (κ3) is 4.32. The first-order chi connectivity index (χ1) is 15.2. The molecule has 8 heteroatoms. The van der Waals surface area contributed by atoms with E-state index in [4.69, 9.17) is 0 Å². The molecule has 7 nitrogen and oxygen atoms in total. The van der Waals surface area contributed by atoms with Crippen LogP contribution < -0.4 is 5.56 Å². The highest BCUT2D eigenvalue weighted by Crippen LogP contribution is 2.27. The van der Waals surface area contributed by atoms with E-state index < -0.39 is 5.60 Å². The maximum atomic E-state index is 13.1. The average Bonchev–Trinajstić information content (AvgIpc) is 3.03. The fourth-order valence-electron chi connectivity index (χ4n) is 4.74. The number of aliphatic hydroxyl groups is 1. The maximum Gasteiger partial charge on any atom is 0.273 e. The molecule has 1 fully saturated rings. The topological polar surface area (TPSA) is 91.2 Å². The molecule has 3 heterocycles. The smallest absolute Gasteiger partial charge is 0.273 e. The number of hydrogen-bond donors (Lipinski definition) is 2. The Morgan fingerprint density at radius 2 is 1.88 bits per heavy atom. The van der Waals surface area contributed by atoms with E-state index in [1.165, 1.54) is 12.1 Å². The van der Waals surface area contributed by atoms with E-state index in [0.717, 1.165) is 22.4 Å². The summed E-state index contributed by atoms with van der Waals surface area (Å²) in [6.07, 6.45) is 2.27. The number of carbonyl (C=O) groups is 1. The van der Waals surface area contributed by atoms with Gasteiger partial charge in [-0.1, -0.05) is 12.1 Å². The van der Waals surface area contributed by atoms with Gasteiger partial charge >= 0.3 is 0 Å². The van der Waals surface area contributed by atoms with E-state index in [0.29, 0.717) is 56.2 Å². The molecule has 1 saturated heterocycles. The Morgan fingerprint density at radius 3 is 2.53 bits per heavy atom. The van der Waals surface area contributed by atoms with Crippen LogP contribution in [0.25, 0.3) is 11.0 Å². The Hall–Kier alpha value is -3.00. The van der Waals surface area contributed by atoms with Gasteiger partial charge in [-0.15, -0.1) is 0 Å². The van der Waals surface area contributed by atoms with E-state index in [1.807, 2.05) is 13.8 Å². The van der Waals surface area contributed by atoms with Crippen molar-refractivity contribution < 1.29 is 14.3 Å². The Labute approximate surface area is 185 Å². The number of nitrogens with zero attached hydrogens (tertiary/aromatic N) is 3. The Morgan fingerprint density at radius 1 is 1.22 bits per heavy atom. The summed E-state index contributed by atoms with van der Waals surface area (Å²) in [4.78, 5) is 31.4. The lowest BCUT2D eigenvalue weighted by molar-refractivity contribution is -0.135. The molecule has 32 heavy (non-hydrogen) atoms. The molecule has 0 aliphatic carbocycles. The number of rotatable bonds is 5. The number of benzene rings is 1. The standard InChI is InChI=1S/C24H29FN4O3/c1-15-19(16(2)26-22-21(15)23(31)27-28(22)3)8-9-20(30)29-12-10-24(32,11-13-29)14-17-4-6-18(25)7-5-17/h4-7,32H,8-14H2,1-3H3,(H,27,31). The molecular formula is C24H29FN4O3. The van der Waals surface area contributed by atoms with Crippen molar-refractivity contribution in [1.82, 2.24) is 19.7 Å². The number of amides is 1. The molecule has 3 aromatic rings. The second-order valence-corrected chi connectivity index (χ2v) is 8.91. The van der Waals surface area contributed by atoms with Gasteiger partial charge in [-0.2, -0.15) is 0 Å². The maximum absolute atomic E-state index is 13.1. The average molecular weight is 441 g/mol. The lowest BCUT2D eigenvalue weighted by atomic mass is 9.85. The third-order valence-electron chi connectivity index (χ3n) is 6.66. The van der Waals surface area contributed by atoms with Crippen molar-refractivity contribution in [3.05, 3.63) is 62.8 Å². The molecule has 2 aromatic heterocycles. The van der Waals surface area contributed by atoms with Gasteiger partial charge in [0.2, 0.25) is 5.91 Å². The highest BCUT2D eigenvalue weighted by atomic mass is 19.1. The fourth-order valence-corrected chi connectivity index (χ4v) is 4.74. The molecular weight excluding hydrogens is 411 g/mol. The van der Waals surface area contributed by atoms with Crippen molar-refractivity contribution in [2.24, 2.45) is 7.05 Å². The first kappa shape index (κ1) is 22.2. The van der Waals surface area contributed by atoms with Crippen LogP contribution in [-0.2, 0) is 24.7 Å². The van der Waals surface area contributed by atoms with Crippen LogP contribution in [0.1, 0.15) is 41.6 Å². The zero-order chi connectivity index (χ0) is 23.0. The van der Waals surface area contributed by atoms with Crippen molar-refractivity contribution in [1.29, 1.82) is 0 Å². The summed E-state index contributed by atoms with van der Waals surface area (Å²) in [5.41, 5.74) is 3.09. The molecule has 1 amide bonds. The minimum absolute atomic E-state index is 0.0368. The fraction of sp³-hybridized carbons (Fsp3) is 0.458. The Bertz CT molecular complexity index is 1200. The molecule has 0 spiro atoms. The van der Waals surface area contributed by atoms with Gasteiger partial charge in [0, 0.05) is 38.7 Å². The van der Waals surface area contributed by atoms with Gasteiger partial charge in [0.15, 0.2) is 5.65 Å². The molecule has 1 aliphatic heterocycles. The van der Waals surface area contributed by atoms with Crippen molar-refractivity contribution in [3.63, 3.8) is 0 Å². The molecule has 1 aliphatic rings. The summed E-state index contributed by atoms with van der Waals surface area (Å²) in [5, 5.41) is 14.2. The van der Waals surface area contributed by atoms with E-state index in [-0.39, 0.29) is 17.3 Å². The Balaban J connectivity index is 1.38. The highest BCUT2D eigenvalue weighted by Gasteiger charge is 2.34. The molecule has 0 radical (unpaired) electrons. The second-order valence-electron chi connectivity index (χ2n) is 8.91. The van der Waals surface area contributed by atoms with Gasteiger partial charge in [-0.05, 0) is 61.9 Å². The number of piperidine rings is 1. The van der Waals surface area contributed by atoms with Crippen LogP contribution in [-0.4, -0.2) is 49.4 Å². The number of nitrogens with one attached hydrogen (secondary N) is 1. The normalized spacial score (nSPS) is 16.0. The highest BCUT2D eigenvalue weighted by molar-refractivity contribution is 5.81.